The van der Waals surface area contributed by atoms with Gasteiger partial charge in [0.15, 0.2) is 0 Å². The normalized spacial score (nSPS) is 10.9. The van der Waals surface area contributed by atoms with E-state index in [0.29, 0.717) is 12.0 Å². The van der Waals surface area contributed by atoms with Crippen molar-refractivity contribution in [3.05, 3.63) is 65.6 Å². The first-order valence-corrected chi connectivity index (χ1v) is 6.58. The van der Waals surface area contributed by atoms with Crippen molar-refractivity contribution >= 4 is 10.9 Å². The van der Waals surface area contributed by atoms with Gasteiger partial charge in [-0.25, -0.2) is 4.39 Å². The van der Waals surface area contributed by atoms with Gasteiger partial charge < -0.3 is 9.30 Å². The smallest absolute Gasteiger partial charge is 0.132 e. The molecule has 20 heavy (non-hydrogen) atoms. The maximum absolute atomic E-state index is 13.8. The molecule has 0 bridgehead atoms. The third-order valence-electron chi connectivity index (χ3n) is 3.60. The number of hydrogen-bond donors (Lipinski definition) is 0. The Morgan fingerprint density at radius 3 is 2.65 bits per heavy atom. The van der Waals surface area contributed by atoms with Crippen LogP contribution in [0.5, 0.6) is 5.75 Å². The van der Waals surface area contributed by atoms with Crippen LogP contribution < -0.4 is 4.74 Å². The number of para-hydroxylation sites is 1. The van der Waals surface area contributed by atoms with Gasteiger partial charge in [-0.3, -0.25) is 0 Å². The standard InChI is InChI=1S/C17H16FNO/c1-12-6-3-4-9-17(12)20-11-13-10-14-15(18)7-5-8-16(14)19(13)2/h3-10H,11H2,1-2H3. The molecule has 0 fully saturated rings. The van der Waals surface area contributed by atoms with Gasteiger partial charge in [0, 0.05) is 12.4 Å². The molecule has 0 aliphatic rings. The minimum absolute atomic E-state index is 0.194. The van der Waals surface area contributed by atoms with Gasteiger partial charge >= 0.3 is 0 Å². The van der Waals surface area contributed by atoms with E-state index in [1.165, 1.54) is 6.07 Å². The van der Waals surface area contributed by atoms with E-state index in [9.17, 15) is 4.39 Å². The molecular formula is C17H16FNO. The number of hydrogen-bond acceptors (Lipinski definition) is 1. The van der Waals surface area contributed by atoms with Crippen LogP contribution in [0.1, 0.15) is 11.3 Å². The Bertz CT molecular complexity index is 761. The molecule has 0 aliphatic carbocycles. The second kappa shape index (κ2) is 5.00. The molecule has 2 nitrogen and oxygen atoms in total. The molecule has 102 valence electrons. The number of rotatable bonds is 3. The van der Waals surface area contributed by atoms with Crippen LogP contribution in [0.15, 0.2) is 48.5 Å². The van der Waals surface area contributed by atoms with Crippen molar-refractivity contribution in [2.24, 2.45) is 7.05 Å². The van der Waals surface area contributed by atoms with Crippen molar-refractivity contribution in [1.82, 2.24) is 4.57 Å². The molecule has 1 aromatic heterocycles. The van der Waals surface area contributed by atoms with E-state index in [2.05, 4.69) is 0 Å². The van der Waals surface area contributed by atoms with Gasteiger partial charge in [0.05, 0.1) is 11.2 Å². The van der Waals surface area contributed by atoms with Crippen molar-refractivity contribution in [3.63, 3.8) is 0 Å². The summed E-state index contributed by atoms with van der Waals surface area (Å²) < 4.78 is 21.6. The van der Waals surface area contributed by atoms with Crippen LogP contribution in [0.2, 0.25) is 0 Å². The fraction of sp³-hybridized carbons (Fsp3) is 0.176. The van der Waals surface area contributed by atoms with Gasteiger partial charge in [-0.05, 0) is 36.8 Å². The first-order valence-electron chi connectivity index (χ1n) is 6.58. The summed E-state index contributed by atoms with van der Waals surface area (Å²) in [6.45, 7) is 2.44. The lowest BCUT2D eigenvalue weighted by atomic mass is 10.2. The SMILES string of the molecule is Cc1ccccc1OCc1cc2c(F)cccc2n1C. The number of fused-ring (bicyclic) bond motifs is 1. The summed E-state index contributed by atoms with van der Waals surface area (Å²) in [6.07, 6.45) is 0. The molecule has 0 N–H and O–H groups in total. The Balaban J connectivity index is 1.90. The number of aryl methyl sites for hydroxylation is 2. The molecule has 0 saturated carbocycles. The highest BCUT2D eigenvalue weighted by Gasteiger charge is 2.09. The third kappa shape index (κ3) is 2.16. The largest absolute Gasteiger partial charge is 0.487 e. The van der Waals surface area contributed by atoms with Gasteiger partial charge in [-0.15, -0.1) is 0 Å². The third-order valence-corrected chi connectivity index (χ3v) is 3.60. The Morgan fingerprint density at radius 2 is 1.90 bits per heavy atom. The molecule has 0 aliphatic heterocycles. The highest BCUT2D eigenvalue weighted by molar-refractivity contribution is 5.81. The van der Waals surface area contributed by atoms with E-state index in [4.69, 9.17) is 4.74 Å². The molecule has 0 saturated heterocycles. The van der Waals surface area contributed by atoms with Crippen molar-refractivity contribution < 1.29 is 9.13 Å². The van der Waals surface area contributed by atoms with E-state index < -0.39 is 0 Å². The van der Waals surface area contributed by atoms with E-state index in [-0.39, 0.29) is 5.82 Å². The summed E-state index contributed by atoms with van der Waals surface area (Å²) in [4.78, 5) is 0. The molecule has 0 amide bonds. The van der Waals surface area contributed by atoms with Crippen LogP contribution >= 0.6 is 0 Å². The predicted molar refractivity (Wildman–Crippen MR) is 78.4 cm³/mol. The molecule has 0 radical (unpaired) electrons. The molecule has 0 unspecified atom stereocenters. The number of halogens is 1. The van der Waals surface area contributed by atoms with E-state index >= 15 is 0 Å². The predicted octanol–water partition coefficient (Wildman–Crippen LogP) is 4.20. The first kappa shape index (κ1) is 12.7. The maximum Gasteiger partial charge on any atom is 0.132 e. The van der Waals surface area contributed by atoms with Gasteiger partial charge in [0.25, 0.3) is 0 Å². The van der Waals surface area contributed by atoms with Gasteiger partial charge in [-0.1, -0.05) is 24.3 Å². The van der Waals surface area contributed by atoms with E-state index in [1.54, 1.807) is 6.07 Å². The Kier molecular flexibility index (Phi) is 3.18. The van der Waals surface area contributed by atoms with Crippen LogP contribution in [0.4, 0.5) is 4.39 Å². The lowest BCUT2D eigenvalue weighted by Gasteiger charge is -2.09. The zero-order valence-electron chi connectivity index (χ0n) is 11.6. The molecule has 3 aromatic rings. The average Bonchev–Trinajstić information content (AvgIpc) is 2.77. The van der Waals surface area contributed by atoms with Gasteiger partial charge in [0.2, 0.25) is 0 Å². The second-order valence-electron chi connectivity index (χ2n) is 4.92. The van der Waals surface area contributed by atoms with Crippen molar-refractivity contribution in [1.29, 1.82) is 0 Å². The number of ether oxygens (including phenoxy) is 1. The first-order chi connectivity index (χ1) is 9.66. The van der Waals surface area contributed by atoms with Crippen LogP contribution in [0.3, 0.4) is 0 Å². The van der Waals surface area contributed by atoms with Gasteiger partial charge in [-0.2, -0.15) is 0 Å². The Labute approximate surface area is 117 Å². The lowest BCUT2D eigenvalue weighted by molar-refractivity contribution is 0.296. The van der Waals surface area contributed by atoms with Crippen LogP contribution in [0, 0.1) is 12.7 Å². The topological polar surface area (TPSA) is 14.2 Å². The minimum Gasteiger partial charge on any atom is -0.487 e. The van der Waals surface area contributed by atoms with Crippen molar-refractivity contribution in [3.8, 4) is 5.75 Å². The summed E-state index contributed by atoms with van der Waals surface area (Å²) in [5.74, 6) is 0.665. The summed E-state index contributed by atoms with van der Waals surface area (Å²) in [5.41, 5.74) is 2.93. The Morgan fingerprint density at radius 1 is 1.10 bits per heavy atom. The number of aromatic nitrogens is 1. The monoisotopic (exact) mass is 269 g/mol. The minimum atomic E-state index is -0.194. The molecule has 3 rings (SSSR count). The fourth-order valence-electron chi connectivity index (χ4n) is 2.39. The van der Waals surface area contributed by atoms with Gasteiger partial charge in [0.1, 0.15) is 18.2 Å². The lowest BCUT2D eigenvalue weighted by Crippen LogP contribution is -2.02. The molecule has 0 atom stereocenters. The van der Waals surface area contributed by atoms with Crippen LogP contribution in [0.25, 0.3) is 10.9 Å². The molecule has 1 heterocycles. The highest BCUT2D eigenvalue weighted by Crippen LogP contribution is 2.23. The highest BCUT2D eigenvalue weighted by atomic mass is 19.1. The van der Waals surface area contributed by atoms with E-state index in [0.717, 1.165) is 22.5 Å². The second-order valence-corrected chi connectivity index (χ2v) is 4.92. The van der Waals surface area contributed by atoms with E-state index in [1.807, 2.05) is 54.9 Å². The number of nitrogens with zero attached hydrogens (tertiary/aromatic N) is 1. The summed E-state index contributed by atoms with van der Waals surface area (Å²) in [7, 11) is 1.93. The zero-order chi connectivity index (χ0) is 14.1. The maximum atomic E-state index is 13.8. The Hall–Kier alpha value is -2.29. The molecular weight excluding hydrogens is 253 g/mol. The summed E-state index contributed by atoms with van der Waals surface area (Å²) in [6, 6.07) is 14.9. The fourth-order valence-corrected chi connectivity index (χ4v) is 2.39. The molecule has 0 spiro atoms. The zero-order valence-corrected chi connectivity index (χ0v) is 11.6. The summed E-state index contributed by atoms with van der Waals surface area (Å²) in [5, 5.41) is 0.637. The van der Waals surface area contributed by atoms with Crippen LogP contribution in [-0.2, 0) is 13.7 Å². The van der Waals surface area contributed by atoms with Crippen molar-refractivity contribution in [2.45, 2.75) is 13.5 Å². The molecule has 3 heteroatoms. The van der Waals surface area contributed by atoms with Crippen LogP contribution in [-0.4, -0.2) is 4.57 Å². The average molecular weight is 269 g/mol. The number of benzene rings is 2. The molecule has 2 aromatic carbocycles. The summed E-state index contributed by atoms with van der Waals surface area (Å²) >= 11 is 0. The quantitative estimate of drug-likeness (QED) is 0.695. The van der Waals surface area contributed by atoms with Crippen molar-refractivity contribution in [2.75, 3.05) is 0 Å².